The molecule has 2 aromatic carbocycles. The highest BCUT2D eigenvalue weighted by Gasteiger charge is 2.17. The molecule has 2 rings (SSSR count). The van der Waals surface area contributed by atoms with Gasteiger partial charge in [0.2, 0.25) is 5.91 Å². The maximum absolute atomic E-state index is 12.3. The Bertz CT molecular complexity index is 753. The lowest BCUT2D eigenvalue weighted by molar-refractivity contribution is -0.116. The van der Waals surface area contributed by atoms with E-state index in [0.29, 0.717) is 30.9 Å². The van der Waals surface area contributed by atoms with E-state index in [0.717, 1.165) is 15.8 Å². The molecule has 0 aromatic heterocycles. The van der Waals surface area contributed by atoms with E-state index in [2.05, 4.69) is 42.0 Å². The molecule has 1 N–H and O–H groups in total. The number of hydrogen-bond acceptors (Lipinski definition) is 3. The Morgan fingerprint density at radius 1 is 1.15 bits per heavy atom. The third-order valence-electron chi connectivity index (χ3n) is 3.95. The average molecular weight is 420 g/mol. The number of nitrogens with one attached hydrogen (secondary N) is 1. The molecule has 0 aliphatic rings. The average Bonchev–Trinajstić information content (AvgIpc) is 2.58. The summed E-state index contributed by atoms with van der Waals surface area (Å²) in [6, 6.07) is 13.6. The third-order valence-corrected chi connectivity index (χ3v) is 4.45. The number of methoxy groups -OCH3 is 1. The number of halogens is 1. The van der Waals surface area contributed by atoms with E-state index < -0.39 is 0 Å². The van der Waals surface area contributed by atoms with E-state index in [4.69, 9.17) is 9.47 Å². The molecule has 26 heavy (non-hydrogen) atoms. The van der Waals surface area contributed by atoms with Crippen molar-refractivity contribution >= 4 is 27.5 Å². The molecular weight excluding hydrogens is 394 g/mol. The highest BCUT2D eigenvalue weighted by Crippen LogP contribution is 2.31. The molecule has 0 saturated carbocycles. The molecule has 0 bridgehead atoms. The predicted molar refractivity (Wildman–Crippen MR) is 109 cm³/mol. The summed E-state index contributed by atoms with van der Waals surface area (Å²) in [5, 5.41) is 2.95. The summed E-state index contributed by atoms with van der Waals surface area (Å²) in [4.78, 5) is 12.3. The van der Waals surface area contributed by atoms with Gasteiger partial charge in [-0.05, 0) is 47.7 Å². The summed E-state index contributed by atoms with van der Waals surface area (Å²) >= 11 is 3.41. The summed E-state index contributed by atoms with van der Waals surface area (Å²) in [5.41, 5.74) is 1.85. The second-order valence-electron chi connectivity index (χ2n) is 7.12. The van der Waals surface area contributed by atoms with Gasteiger partial charge in [0.25, 0.3) is 0 Å². The second kappa shape index (κ2) is 9.08. The van der Waals surface area contributed by atoms with Crippen LogP contribution in [0.1, 0.15) is 39.2 Å². The lowest BCUT2D eigenvalue weighted by atomic mass is 9.87. The Hall–Kier alpha value is -2.01. The molecule has 0 saturated heterocycles. The highest BCUT2D eigenvalue weighted by atomic mass is 79.9. The quantitative estimate of drug-likeness (QED) is 0.598. The smallest absolute Gasteiger partial charge is 0.224 e. The second-order valence-corrected chi connectivity index (χ2v) is 8.04. The van der Waals surface area contributed by atoms with Crippen LogP contribution in [0.25, 0.3) is 0 Å². The van der Waals surface area contributed by atoms with Crippen LogP contribution in [-0.4, -0.2) is 19.6 Å². The lowest BCUT2D eigenvalue weighted by Crippen LogP contribution is -2.16. The molecule has 0 aliphatic carbocycles. The number of amides is 1. The molecule has 0 fully saturated rings. The van der Waals surface area contributed by atoms with Crippen LogP contribution >= 0.6 is 15.9 Å². The van der Waals surface area contributed by atoms with Gasteiger partial charge in [-0.15, -0.1) is 0 Å². The van der Waals surface area contributed by atoms with Crippen LogP contribution in [0.4, 0.5) is 5.69 Å². The van der Waals surface area contributed by atoms with Gasteiger partial charge in [-0.3, -0.25) is 4.79 Å². The van der Waals surface area contributed by atoms with Crippen LogP contribution in [0, 0.1) is 0 Å². The van der Waals surface area contributed by atoms with Crippen molar-refractivity contribution in [1.82, 2.24) is 0 Å². The summed E-state index contributed by atoms with van der Waals surface area (Å²) in [5.74, 6) is 1.41. The van der Waals surface area contributed by atoms with Crippen LogP contribution in [-0.2, 0) is 10.2 Å². The summed E-state index contributed by atoms with van der Waals surface area (Å²) in [7, 11) is 1.60. The standard InChI is InChI=1S/C21H26BrNO3/c1-21(2,3)15-10-11-19(25-4)18(13-15)23-20(24)9-6-12-26-17-8-5-7-16(22)14-17/h5,7-8,10-11,13-14H,6,9,12H2,1-4H3,(H,23,24). The van der Waals surface area contributed by atoms with Gasteiger partial charge in [0.1, 0.15) is 11.5 Å². The first-order chi connectivity index (χ1) is 12.3. The van der Waals surface area contributed by atoms with Crippen molar-refractivity contribution in [2.24, 2.45) is 0 Å². The fourth-order valence-corrected chi connectivity index (χ4v) is 2.84. The molecule has 0 atom stereocenters. The van der Waals surface area contributed by atoms with Crippen LogP contribution in [0.5, 0.6) is 11.5 Å². The third kappa shape index (κ3) is 6.06. The molecular formula is C21H26BrNO3. The van der Waals surface area contributed by atoms with Gasteiger partial charge < -0.3 is 14.8 Å². The van der Waals surface area contributed by atoms with Crippen LogP contribution < -0.4 is 14.8 Å². The number of carbonyl (C=O) groups is 1. The van der Waals surface area contributed by atoms with E-state index in [1.165, 1.54) is 0 Å². The SMILES string of the molecule is COc1ccc(C(C)(C)C)cc1NC(=O)CCCOc1cccc(Br)c1. The van der Waals surface area contributed by atoms with E-state index in [1.807, 2.05) is 42.5 Å². The van der Waals surface area contributed by atoms with E-state index in [1.54, 1.807) is 7.11 Å². The topological polar surface area (TPSA) is 47.6 Å². The molecule has 4 nitrogen and oxygen atoms in total. The summed E-state index contributed by atoms with van der Waals surface area (Å²) in [6.07, 6.45) is 1.02. The van der Waals surface area contributed by atoms with Crippen molar-refractivity contribution in [1.29, 1.82) is 0 Å². The van der Waals surface area contributed by atoms with E-state index in [9.17, 15) is 4.79 Å². The molecule has 0 aliphatic heterocycles. The highest BCUT2D eigenvalue weighted by molar-refractivity contribution is 9.10. The Labute approximate surface area is 164 Å². The molecule has 5 heteroatoms. The van der Waals surface area contributed by atoms with Crippen LogP contribution in [0.2, 0.25) is 0 Å². The number of rotatable bonds is 7. The van der Waals surface area contributed by atoms with Gasteiger partial charge in [0, 0.05) is 10.9 Å². The van der Waals surface area contributed by atoms with Gasteiger partial charge >= 0.3 is 0 Å². The van der Waals surface area contributed by atoms with Crippen molar-refractivity contribution in [3.63, 3.8) is 0 Å². The number of hydrogen-bond donors (Lipinski definition) is 1. The fourth-order valence-electron chi connectivity index (χ4n) is 2.46. The lowest BCUT2D eigenvalue weighted by Gasteiger charge is -2.21. The first kappa shape index (κ1) is 20.3. The number of ether oxygens (including phenoxy) is 2. The van der Waals surface area contributed by atoms with Gasteiger partial charge in [-0.2, -0.15) is 0 Å². The zero-order valence-electron chi connectivity index (χ0n) is 15.8. The van der Waals surface area contributed by atoms with Crippen LogP contribution in [0.3, 0.4) is 0 Å². The van der Waals surface area contributed by atoms with Crippen molar-refractivity contribution in [2.75, 3.05) is 19.0 Å². The Balaban J connectivity index is 1.89. The van der Waals surface area contributed by atoms with Crippen molar-refractivity contribution in [2.45, 2.75) is 39.0 Å². The van der Waals surface area contributed by atoms with Gasteiger partial charge in [-0.1, -0.05) is 48.8 Å². The molecule has 1 amide bonds. The summed E-state index contributed by atoms with van der Waals surface area (Å²) < 4.78 is 12.0. The minimum absolute atomic E-state index is 0.00352. The largest absolute Gasteiger partial charge is 0.495 e. The zero-order chi connectivity index (χ0) is 19.2. The van der Waals surface area contributed by atoms with Crippen molar-refractivity contribution in [3.8, 4) is 11.5 Å². The molecule has 140 valence electrons. The molecule has 0 heterocycles. The Morgan fingerprint density at radius 2 is 1.92 bits per heavy atom. The molecule has 0 spiro atoms. The van der Waals surface area contributed by atoms with Gasteiger partial charge in [-0.25, -0.2) is 0 Å². The number of anilines is 1. The van der Waals surface area contributed by atoms with E-state index >= 15 is 0 Å². The van der Waals surface area contributed by atoms with Crippen molar-refractivity contribution < 1.29 is 14.3 Å². The molecule has 0 radical (unpaired) electrons. The zero-order valence-corrected chi connectivity index (χ0v) is 17.4. The maximum atomic E-state index is 12.3. The number of carbonyl (C=O) groups excluding carboxylic acids is 1. The fraction of sp³-hybridized carbons (Fsp3) is 0.381. The molecule has 2 aromatic rings. The Morgan fingerprint density at radius 3 is 2.58 bits per heavy atom. The minimum Gasteiger partial charge on any atom is -0.495 e. The van der Waals surface area contributed by atoms with Gasteiger partial charge in [0.15, 0.2) is 0 Å². The monoisotopic (exact) mass is 419 g/mol. The minimum atomic E-state index is -0.0489. The maximum Gasteiger partial charge on any atom is 0.224 e. The van der Waals surface area contributed by atoms with Gasteiger partial charge in [0.05, 0.1) is 19.4 Å². The summed E-state index contributed by atoms with van der Waals surface area (Å²) in [6.45, 7) is 6.90. The first-order valence-electron chi connectivity index (χ1n) is 8.66. The molecule has 0 unspecified atom stereocenters. The van der Waals surface area contributed by atoms with Crippen LogP contribution in [0.15, 0.2) is 46.9 Å². The Kier molecular flexibility index (Phi) is 7.09. The first-order valence-corrected chi connectivity index (χ1v) is 9.45. The van der Waals surface area contributed by atoms with E-state index in [-0.39, 0.29) is 11.3 Å². The van der Waals surface area contributed by atoms with Crippen molar-refractivity contribution in [3.05, 3.63) is 52.5 Å². The number of benzene rings is 2. The predicted octanol–water partition coefficient (Wildman–Crippen LogP) is 5.55. The normalized spacial score (nSPS) is 11.1.